The van der Waals surface area contributed by atoms with Gasteiger partial charge in [0.2, 0.25) is 0 Å². The number of carboxylic acid groups (broad SMARTS) is 1. The monoisotopic (exact) mass is 281 g/mol. The normalized spacial score (nSPS) is 10.3. The lowest BCUT2D eigenvalue weighted by Crippen LogP contribution is -2.01. The molecule has 0 fully saturated rings. The van der Waals surface area contributed by atoms with Gasteiger partial charge in [0.05, 0.1) is 12.7 Å². The molecule has 0 bridgehead atoms. The lowest BCUT2D eigenvalue weighted by Gasteiger charge is -2.08. The number of carboxylic acids is 1. The maximum absolute atomic E-state index is 13.3. The fourth-order valence-electron chi connectivity index (χ4n) is 1.66. The summed E-state index contributed by atoms with van der Waals surface area (Å²) in [6.07, 6.45) is 1.33. The van der Waals surface area contributed by atoms with Gasteiger partial charge in [0, 0.05) is 11.8 Å². The van der Waals surface area contributed by atoms with Crippen LogP contribution in [-0.2, 0) is 0 Å². The molecule has 98 valence electrons. The van der Waals surface area contributed by atoms with Gasteiger partial charge in [-0.25, -0.2) is 14.2 Å². The van der Waals surface area contributed by atoms with Crippen LogP contribution in [0.3, 0.4) is 0 Å². The third-order valence-electron chi connectivity index (χ3n) is 2.56. The van der Waals surface area contributed by atoms with E-state index in [1.807, 2.05) is 0 Å². The first-order chi connectivity index (χ1) is 9.02. The average molecular weight is 282 g/mol. The van der Waals surface area contributed by atoms with Gasteiger partial charge in [-0.3, -0.25) is 0 Å². The van der Waals surface area contributed by atoms with Crippen molar-refractivity contribution >= 4 is 17.6 Å². The number of halogens is 2. The average Bonchev–Trinajstić information content (AvgIpc) is 2.39. The third kappa shape index (κ3) is 2.66. The molecule has 0 unspecified atom stereocenters. The maximum atomic E-state index is 13.3. The zero-order chi connectivity index (χ0) is 14.0. The topological polar surface area (TPSA) is 59.4 Å². The highest BCUT2D eigenvalue weighted by atomic mass is 35.5. The van der Waals surface area contributed by atoms with Crippen molar-refractivity contribution in [1.29, 1.82) is 0 Å². The number of hydrogen-bond donors (Lipinski definition) is 1. The Morgan fingerprint density at radius 3 is 2.79 bits per heavy atom. The second-order valence-electron chi connectivity index (χ2n) is 3.71. The number of rotatable bonds is 3. The van der Waals surface area contributed by atoms with Gasteiger partial charge < -0.3 is 9.84 Å². The molecule has 1 heterocycles. The van der Waals surface area contributed by atoms with Crippen molar-refractivity contribution in [3.63, 3.8) is 0 Å². The number of methoxy groups -OCH3 is 1. The molecule has 1 N–H and O–H groups in total. The van der Waals surface area contributed by atoms with Crippen molar-refractivity contribution in [3.05, 3.63) is 47.0 Å². The van der Waals surface area contributed by atoms with Gasteiger partial charge in [0.1, 0.15) is 5.15 Å². The Kier molecular flexibility index (Phi) is 3.66. The Hall–Kier alpha value is -2.14. The highest BCUT2D eigenvalue weighted by Gasteiger charge is 2.15. The standard InChI is InChI=1S/C13H9ClFNO3/c1-19-11-4-7(2-3-10(11)15)9-6-16-12(14)5-8(9)13(17)18/h2-6H,1H3,(H,17,18). The van der Waals surface area contributed by atoms with Crippen LogP contribution in [-0.4, -0.2) is 23.2 Å². The van der Waals surface area contributed by atoms with Crippen LogP contribution >= 0.6 is 11.6 Å². The SMILES string of the molecule is COc1cc(-c2cnc(Cl)cc2C(=O)O)ccc1F. The van der Waals surface area contributed by atoms with E-state index in [0.29, 0.717) is 11.1 Å². The molecule has 0 atom stereocenters. The van der Waals surface area contributed by atoms with Crippen molar-refractivity contribution in [1.82, 2.24) is 4.98 Å². The fraction of sp³-hybridized carbons (Fsp3) is 0.0769. The Bertz CT molecular complexity index is 646. The van der Waals surface area contributed by atoms with Crippen molar-refractivity contribution in [2.45, 2.75) is 0 Å². The summed E-state index contributed by atoms with van der Waals surface area (Å²) in [6.45, 7) is 0. The maximum Gasteiger partial charge on any atom is 0.336 e. The quantitative estimate of drug-likeness (QED) is 0.878. The first-order valence-electron chi connectivity index (χ1n) is 5.25. The molecule has 4 nitrogen and oxygen atoms in total. The van der Waals surface area contributed by atoms with E-state index in [9.17, 15) is 9.18 Å². The van der Waals surface area contributed by atoms with Crippen LogP contribution in [0.25, 0.3) is 11.1 Å². The molecule has 2 rings (SSSR count). The van der Waals surface area contributed by atoms with Crippen LogP contribution in [0.4, 0.5) is 4.39 Å². The highest BCUT2D eigenvalue weighted by Crippen LogP contribution is 2.29. The number of pyridine rings is 1. The summed E-state index contributed by atoms with van der Waals surface area (Å²) in [7, 11) is 1.33. The molecule has 0 aliphatic carbocycles. The van der Waals surface area contributed by atoms with Gasteiger partial charge >= 0.3 is 5.97 Å². The molecule has 0 spiro atoms. The number of aromatic carboxylic acids is 1. The molecule has 19 heavy (non-hydrogen) atoms. The van der Waals surface area contributed by atoms with Crippen LogP contribution in [0, 0.1) is 5.82 Å². The highest BCUT2D eigenvalue weighted by molar-refractivity contribution is 6.29. The minimum atomic E-state index is -1.14. The Balaban J connectivity index is 2.61. The van der Waals surface area contributed by atoms with Crippen LogP contribution in [0.2, 0.25) is 5.15 Å². The minimum Gasteiger partial charge on any atom is -0.494 e. The molecule has 0 radical (unpaired) electrons. The summed E-state index contributed by atoms with van der Waals surface area (Å²) in [4.78, 5) is 15.0. The summed E-state index contributed by atoms with van der Waals surface area (Å²) < 4.78 is 18.2. The predicted molar refractivity (Wildman–Crippen MR) is 68.2 cm³/mol. The van der Waals surface area contributed by atoms with Crippen LogP contribution in [0.5, 0.6) is 5.75 Å². The summed E-state index contributed by atoms with van der Waals surface area (Å²) in [6, 6.07) is 5.31. The van der Waals surface area contributed by atoms with E-state index < -0.39 is 11.8 Å². The Morgan fingerprint density at radius 2 is 2.16 bits per heavy atom. The van der Waals surface area contributed by atoms with Gasteiger partial charge in [0.15, 0.2) is 11.6 Å². The summed E-state index contributed by atoms with van der Waals surface area (Å²) >= 11 is 5.67. The van der Waals surface area contributed by atoms with E-state index in [1.54, 1.807) is 0 Å². The van der Waals surface area contributed by atoms with Crippen LogP contribution in [0.15, 0.2) is 30.5 Å². The fourth-order valence-corrected chi connectivity index (χ4v) is 1.82. The van der Waals surface area contributed by atoms with Gasteiger partial charge in [-0.1, -0.05) is 17.7 Å². The van der Waals surface area contributed by atoms with Gasteiger partial charge in [0.25, 0.3) is 0 Å². The van der Waals surface area contributed by atoms with Crippen LogP contribution in [0.1, 0.15) is 10.4 Å². The number of carbonyl (C=O) groups is 1. The van der Waals surface area contributed by atoms with E-state index in [-0.39, 0.29) is 16.5 Å². The van der Waals surface area contributed by atoms with Crippen molar-refractivity contribution < 1.29 is 19.0 Å². The smallest absolute Gasteiger partial charge is 0.336 e. The summed E-state index contributed by atoms with van der Waals surface area (Å²) in [5, 5.41) is 9.22. The molecule has 1 aromatic heterocycles. The van der Waals surface area contributed by atoms with Crippen molar-refractivity contribution in [2.24, 2.45) is 0 Å². The number of nitrogens with zero attached hydrogens (tertiary/aromatic N) is 1. The molecular weight excluding hydrogens is 273 g/mol. The lowest BCUT2D eigenvalue weighted by molar-refractivity contribution is 0.0697. The van der Waals surface area contributed by atoms with E-state index in [0.717, 1.165) is 0 Å². The molecule has 0 aliphatic rings. The van der Waals surface area contributed by atoms with Crippen LogP contribution < -0.4 is 4.74 Å². The molecule has 1 aromatic carbocycles. The second-order valence-corrected chi connectivity index (χ2v) is 4.09. The number of ether oxygens (including phenoxy) is 1. The lowest BCUT2D eigenvalue weighted by atomic mass is 10.0. The van der Waals surface area contributed by atoms with Crippen molar-refractivity contribution in [3.8, 4) is 16.9 Å². The Morgan fingerprint density at radius 1 is 1.42 bits per heavy atom. The summed E-state index contributed by atoms with van der Waals surface area (Å²) in [5.41, 5.74) is 0.823. The molecule has 0 amide bonds. The summed E-state index contributed by atoms with van der Waals surface area (Å²) in [5.74, 6) is -1.63. The number of benzene rings is 1. The predicted octanol–water partition coefficient (Wildman–Crippen LogP) is 3.25. The van der Waals surface area contributed by atoms with Gasteiger partial charge in [-0.2, -0.15) is 0 Å². The first kappa shape index (κ1) is 13.3. The molecule has 6 heteroatoms. The zero-order valence-electron chi connectivity index (χ0n) is 9.85. The molecule has 0 saturated heterocycles. The molecular formula is C13H9ClFNO3. The van der Waals surface area contributed by atoms with E-state index in [2.05, 4.69) is 4.98 Å². The van der Waals surface area contributed by atoms with Crippen molar-refractivity contribution in [2.75, 3.05) is 7.11 Å². The van der Waals surface area contributed by atoms with Gasteiger partial charge in [-0.05, 0) is 23.8 Å². The van der Waals surface area contributed by atoms with E-state index in [1.165, 1.54) is 37.6 Å². The third-order valence-corrected chi connectivity index (χ3v) is 2.77. The second kappa shape index (κ2) is 5.24. The van der Waals surface area contributed by atoms with E-state index in [4.69, 9.17) is 21.4 Å². The molecule has 0 saturated carbocycles. The number of aromatic nitrogens is 1. The minimum absolute atomic E-state index is 0.00587. The molecule has 2 aromatic rings. The zero-order valence-corrected chi connectivity index (χ0v) is 10.6. The molecule has 0 aliphatic heterocycles. The van der Waals surface area contributed by atoms with E-state index >= 15 is 0 Å². The largest absolute Gasteiger partial charge is 0.494 e. The van der Waals surface area contributed by atoms with Gasteiger partial charge in [-0.15, -0.1) is 0 Å². The number of hydrogen-bond acceptors (Lipinski definition) is 3. The first-order valence-corrected chi connectivity index (χ1v) is 5.63. The Labute approximate surface area is 113 Å².